The minimum atomic E-state index is -0.279. The highest BCUT2D eigenvalue weighted by Crippen LogP contribution is 2.30. The van der Waals surface area contributed by atoms with Gasteiger partial charge in [0.25, 0.3) is 0 Å². The van der Waals surface area contributed by atoms with E-state index in [-0.39, 0.29) is 18.0 Å². The van der Waals surface area contributed by atoms with Gasteiger partial charge >= 0.3 is 11.9 Å². The van der Waals surface area contributed by atoms with Gasteiger partial charge in [0.15, 0.2) is 0 Å². The van der Waals surface area contributed by atoms with Crippen molar-refractivity contribution in [3.05, 3.63) is 42.0 Å². The van der Waals surface area contributed by atoms with E-state index in [9.17, 15) is 9.59 Å². The highest BCUT2D eigenvalue weighted by atomic mass is 16.5. The summed E-state index contributed by atoms with van der Waals surface area (Å²) in [7, 11) is 0. The first-order valence-corrected chi connectivity index (χ1v) is 12.9. The molecule has 1 aliphatic rings. The Hall–Kier alpha value is -2.30. The van der Waals surface area contributed by atoms with Crippen molar-refractivity contribution >= 4 is 11.9 Å². The molecule has 0 radical (unpaired) electrons. The predicted molar refractivity (Wildman–Crippen MR) is 131 cm³/mol. The van der Waals surface area contributed by atoms with Gasteiger partial charge in [-0.25, -0.2) is 9.59 Å². The van der Waals surface area contributed by atoms with Crippen molar-refractivity contribution in [3.63, 3.8) is 0 Å². The van der Waals surface area contributed by atoms with Gasteiger partial charge in [0.05, 0.1) is 18.8 Å². The summed E-state index contributed by atoms with van der Waals surface area (Å²) in [5.74, 6) is 1.06. The van der Waals surface area contributed by atoms with E-state index in [0.29, 0.717) is 18.8 Å². The monoisotopic (exact) mass is 458 g/mol. The van der Waals surface area contributed by atoms with Crippen LogP contribution >= 0.6 is 0 Å². The van der Waals surface area contributed by atoms with Gasteiger partial charge in [-0.05, 0) is 88.5 Å². The Morgan fingerprint density at radius 3 is 2.27 bits per heavy atom. The van der Waals surface area contributed by atoms with Crippen molar-refractivity contribution in [2.75, 3.05) is 13.2 Å². The second-order valence-electron chi connectivity index (χ2n) is 9.00. The fraction of sp³-hybridized carbons (Fsp3) is 0.643. The summed E-state index contributed by atoms with van der Waals surface area (Å²) in [4.78, 5) is 23.7. The molecule has 0 spiro atoms. The molecule has 1 aromatic carbocycles. The lowest BCUT2D eigenvalue weighted by atomic mass is 9.84. The molecule has 33 heavy (non-hydrogen) atoms. The van der Waals surface area contributed by atoms with Crippen LogP contribution in [0.2, 0.25) is 0 Å². The van der Waals surface area contributed by atoms with Crippen LogP contribution in [0.4, 0.5) is 0 Å². The Kier molecular flexibility index (Phi) is 13.3. The summed E-state index contributed by atoms with van der Waals surface area (Å²) in [5, 5.41) is 0. The second kappa shape index (κ2) is 16.3. The molecule has 5 heteroatoms. The Morgan fingerprint density at radius 1 is 0.909 bits per heavy atom. The largest absolute Gasteiger partial charge is 0.494 e. The fourth-order valence-corrected chi connectivity index (χ4v) is 4.23. The molecule has 0 heterocycles. The molecule has 1 saturated carbocycles. The van der Waals surface area contributed by atoms with Crippen LogP contribution in [0, 0.1) is 5.92 Å². The molecule has 1 aliphatic carbocycles. The third-order valence-corrected chi connectivity index (χ3v) is 6.23. The van der Waals surface area contributed by atoms with E-state index < -0.39 is 0 Å². The number of esters is 2. The van der Waals surface area contributed by atoms with Gasteiger partial charge in [-0.15, -0.1) is 0 Å². The Morgan fingerprint density at radius 2 is 1.61 bits per heavy atom. The SMILES string of the molecule is C/C=C/C(=O)OCCCCCCOc1ccc(C(=O)OC2CCC(CCCCC)CC2)cc1. The van der Waals surface area contributed by atoms with Crippen molar-refractivity contribution in [2.24, 2.45) is 5.92 Å². The molecule has 5 nitrogen and oxygen atoms in total. The molecular weight excluding hydrogens is 416 g/mol. The van der Waals surface area contributed by atoms with Gasteiger partial charge in [0.2, 0.25) is 0 Å². The van der Waals surface area contributed by atoms with Gasteiger partial charge in [-0.2, -0.15) is 0 Å². The first-order valence-electron chi connectivity index (χ1n) is 12.9. The highest BCUT2D eigenvalue weighted by molar-refractivity contribution is 5.89. The topological polar surface area (TPSA) is 61.8 Å². The zero-order valence-electron chi connectivity index (χ0n) is 20.6. The molecule has 2 rings (SSSR count). The van der Waals surface area contributed by atoms with E-state index in [4.69, 9.17) is 14.2 Å². The third kappa shape index (κ3) is 11.4. The Labute approximate surface area is 199 Å². The molecule has 0 amide bonds. The quantitative estimate of drug-likeness (QED) is 0.160. The van der Waals surface area contributed by atoms with Crippen LogP contribution in [-0.4, -0.2) is 31.3 Å². The molecule has 1 aromatic rings. The van der Waals surface area contributed by atoms with Gasteiger partial charge in [0, 0.05) is 6.08 Å². The maximum atomic E-state index is 12.5. The lowest BCUT2D eigenvalue weighted by Gasteiger charge is -2.28. The molecule has 0 N–H and O–H groups in total. The van der Waals surface area contributed by atoms with Crippen molar-refractivity contribution in [1.82, 2.24) is 0 Å². The first-order chi connectivity index (χ1) is 16.1. The standard InChI is InChI=1S/C28H42O5/c1-3-5-8-12-23-13-17-26(18-14-23)33-28(30)24-15-19-25(20-16-24)31-21-9-6-7-10-22-32-27(29)11-4-2/h4,11,15-16,19-20,23,26H,3,5-10,12-14,17-18,21-22H2,1-2H3/b11-4+. The van der Waals surface area contributed by atoms with Gasteiger partial charge < -0.3 is 14.2 Å². The summed E-state index contributed by atoms with van der Waals surface area (Å²) in [5.41, 5.74) is 0.583. The van der Waals surface area contributed by atoms with Crippen LogP contribution in [0.25, 0.3) is 0 Å². The molecule has 1 fully saturated rings. The maximum Gasteiger partial charge on any atom is 0.338 e. The van der Waals surface area contributed by atoms with Crippen molar-refractivity contribution in [3.8, 4) is 5.75 Å². The first kappa shape index (κ1) is 26.9. The Bertz CT molecular complexity index is 702. The van der Waals surface area contributed by atoms with Gasteiger partial charge in [-0.3, -0.25) is 0 Å². The number of hydrogen-bond acceptors (Lipinski definition) is 5. The molecule has 0 atom stereocenters. The van der Waals surface area contributed by atoms with Crippen LogP contribution in [-0.2, 0) is 14.3 Å². The fourth-order valence-electron chi connectivity index (χ4n) is 4.23. The van der Waals surface area contributed by atoms with E-state index >= 15 is 0 Å². The zero-order valence-corrected chi connectivity index (χ0v) is 20.6. The minimum Gasteiger partial charge on any atom is -0.494 e. The van der Waals surface area contributed by atoms with E-state index in [1.54, 1.807) is 25.1 Å². The van der Waals surface area contributed by atoms with E-state index in [0.717, 1.165) is 50.2 Å². The summed E-state index contributed by atoms with van der Waals surface area (Å²) in [6.45, 7) is 5.13. The van der Waals surface area contributed by atoms with E-state index in [1.807, 2.05) is 12.1 Å². The molecule has 0 aromatic heterocycles. The molecule has 184 valence electrons. The van der Waals surface area contributed by atoms with Crippen molar-refractivity contribution < 1.29 is 23.8 Å². The second-order valence-corrected chi connectivity index (χ2v) is 9.00. The van der Waals surface area contributed by atoms with Crippen molar-refractivity contribution in [2.45, 2.75) is 97.0 Å². The Balaban J connectivity index is 1.56. The predicted octanol–water partition coefficient (Wildman–Crippen LogP) is 7.04. The number of unbranched alkanes of at least 4 members (excludes halogenated alkanes) is 5. The normalized spacial score (nSPS) is 18.2. The smallest absolute Gasteiger partial charge is 0.338 e. The van der Waals surface area contributed by atoms with Gasteiger partial charge in [0.1, 0.15) is 11.9 Å². The molecule has 0 aliphatic heterocycles. The van der Waals surface area contributed by atoms with Crippen LogP contribution in [0.15, 0.2) is 36.4 Å². The number of ether oxygens (including phenoxy) is 3. The minimum absolute atomic E-state index is 0.0579. The summed E-state index contributed by atoms with van der Waals surface area (Å²) < 4.78 is 16.6. The number of rotatable bonds is 15. The van der Waals surface area contributed by atoms with Crippen LogP contribution < -0.4 is 4.74 Å². The van der Waals surface area contributed by atoms with Crippen LogP contribution in [0.3, 0.4) is 0 Å². The number of carbonyl (C=O) groups is 2. The zero-order chi connectivity index (χ0) is 23.7. The average molecular weight is 459 g/mol. The van der Waals surface area contributed by atoms with E-state index in [2.05, 4.69) is 6.92 Å². The molecule has 0 bridgehead atoms. The van der Waals surface area contributed by atoms with E-state index in [1.165, 1.54) is 44.6 Å². The molecule has 0 unspecified atom stereocenters. The number of benzene rings is 1. The lowest BCUT2D eigenvalue weighted by molar-refractivity contribution is -0.137. The third-order valence-electron chi connectivity index (χ3n) is 6.23. The van der Waals surface area contributed by atoms with Crippen molar-refractivity contribution in [1.29, 1.82) is 0 Å². The maximum absolute atomic E-state index is 12.5. The highest BCUT2D eigenvalue weighted by Gasteiger charge is 2.24. The van der Waals surface area contributed by atoms with Gasteiger partial charge in [-0.1, -0.05) is 38.7 Å². The average Bonchev–Trinajstić information content (AvgIpc) is 2.82. The molecular formula is C28H42O5. The van der Waals surface area contributed by atoms with Crippen LogP contribution in [0.1, 0.15) is 101 Å². The van der Waals surface area contributed by atoms with Crippen LogP contribution in [0.5, 0.6) is 5.75 Å². The number of allylic oxidation sites excluding steroid dienone is 1. The summed E-state index contributed by atoms with van der Waals surface area (Å²) in [6, 6.07) is 7.24. The molecule has 0 saturated heterocycles. The lowest BCUT2D eigenvalue weighted by Crippen LogP contribution is -2.24. The number of hydrogen-bond donors (Lipinski definition) is 0. The summed E-state index contributed by atoms with van der Waals surface area (Å²) in [6.07, 6.45) is 16.6. The summed E-state index contributed by atoms with van der Waals surface area (Å²) >= 11 is 0. The number of carbonyl (C=O) groups excluding carboxylic acids is 2.